The normalized spacial score (nSPS) is 11.0. The molecule has 0 saturated carbocycles. The van der Waals surface area contributed by atoms with Gasteiger partial charge in [0.25, 0.3) is 5.91 Å². The Morgan fingerprint density at radius 1 is 1.03 bits per heavy atom. The zero-order chi connectivity index (χ0) is 20.4. The molecule has 0 aliphatic rings. The van der Waals surface area contributed by atoms with E-state index in [0.29, 0.717) is 24.7 Å². The molecule has 1 aromatic carbocycles. The second-order valence-corrected chi connectivity index (χ2v) is 7.13. The van der Waals surface area contributed by atoms with Crippen molar-refractivity contribution in [1.82, 2.24) is 19.6 Å². The third-order valence-corrected chi connectivity index (χ3v) is 4.77. The average Bonchev–Trinajstić information content (AvgIpc) is 3.39. The number of furan rings is 1. The van der Waals surface area contributed by atoms with Gasteiger partial charge in [-0.2, -0.15) is 10.2 Å². The molecule has 0 radical (unpaired) electrons. The van der Waals surface area contributed by atoms with Crippen molar-refractivity contribution in [3.8, 4) is 0 Å². The second-order valence-electron chi connectivity index (χ2n) is 7.13. The van der Waals surface area contributed by atoms with Gasteiger partial charge in [0.05, 0.1) is 18.8 Å². The summed E-state index contributed by atoms with van der Waals surface area (Å²) >= 11 is 0. The fourth-order valence-corrected chi connectivity index (χ4v) is 3.22. The number of aromatic nitrogens is 4. The zero-order valence-electron chi connectivity index (χ0n) is 16.7. The van der Waals surface area contributed by atoms with Crippen LogP contribution < -0.4 is 5.32 Å². The van der Waals surface area contributed by atoms with Crippen LogP contribution in [0.5, 0.6) is 0 Å². The van der Waals surface area contributed by atoms with Gasteiger partial charge in [-0.25, -0.2) is 0 Å². The number of hydrogen-bond acceptors (Lipinski definition) is 4. The summed E-state index contributed by atoms with van der Waals surface area (Å²) in [6, 6.07) is 15.4. The van der Waals surface area contributed by atoms with Crippen LogP contribution in [-0.2, 0) is 13.1 Å². The SMILES string of the molecule is Cc1cc(C)n(Cc2ccc(C(=O)Nc3ccn(Cc4ccccc4C)n3)o2)n1. The number of benzene rings is 1. The zero-order valence-corrected chi connectivity index (χ0v) is 16.7. The van der Waals surface area contributed by atoms with E-state index >= 15 is 0 Å². The van der Waals surface area contributed by atoms with Crippen molar-refractivity contribution in [3.05, 3.63) is 88.8 Å². The number of aryl methyl sites for hydroxylation is 3. The maximum atomic E-state index is 12.5. The number of hydrogen-bond donors (Lipinski definition) is 1. The van der Waals surface area contributed by atoms with Crippen LogP contribution in [0.4, 0.5) is 5.82 Å². The van der Waals surface area contributed by atoms with Gasteiger partial charge in [-0.1, -0.05) is 24.3 Å². The lowest BCUT2D eigenvalue weighted by Gasteiger charge is -2.05. The van der Waals surface area contributed by atoms with Crippen LogP contribution in [0.15, 0.2) is 59.1 Å². The van der Waals surface area contributed by atoms with Gasteiger partial charge < -0.3 is 9.73 Å². The fourth-order valence-electron chi connectivity index (χ4n) is 3.22. The Kier molecular flexibility index (Phi) is 5.03. The number of amides is 1. The molecule has 0 aliphatic carbocycles. The first-order chi connectivity index (χ1) is 14.0. The van der Waals surface area contributed by atoms with E-state index in [2.05, 4.69) is 34.6 Å². The van der Waals surface area contributed by atoms with Crippen LogP contribution >= 0.6 is 0 Å². The van der Waals surface area contributed by atoms with Crippen LogP contribution in [-0.4, -0.2) is 25.5 Å². The van der Waals surface area contributed by atoms with Crippen LogP contribution in [0.3, 0.4) is 0 Å². The molecular weight excluding hydrogens is 366 g/mol. The Bertz CT molecular complexity index is 1150. The fraction of sp³-hybridized carbons (Fsp3) is 0.227. The van der Waals surface area contributed by atoms with Crippen molar-refractivity contribution in [2.75, 3.05) is 5.32 Å². The molecule has 3 heterocycles. The molecule has 7 nitrogen and oxygen atoms in total. The first-order valence-electron chi connectivity index (χ1n) is 9.47. The van der Waals surface area contributed by atoms with E-state index in [9.17, 15) is 4.79 Å². The van der Waals surface area contributed by atoms with Gasteiger partial charge in [0, 0.05) is 18.0 Å². The number of nitrogens with one attached hydrogen (secondary N) is 1. The molecule has 4 rings (SSSR count). The summed E-state index contributed by atoms with van der Waals surface area (Å²) in [7, 11) is 0. The quantitative estimate of drug-likeness (QED) is 0.542. The smallest absolute Gasteiger partial charge is 0.292 e. The highest BCUT2D eigenvalue weighted by Gasteiger charge is 2.14. The van der Waals surface area contributed by atoms with E-state index in [1.165, 1.54) is 11.1 Å². The number of carbonyl (C=O) groups excluding carboxylic acids is 1. The van der Waals surface area contributed by atoms with Gasteiger partial charge in [-0.05, 0) is 50.1 Å². The van der Waals surface area contributed by atoms with Crippen molar-refractivity contribution in [2.24, 2.45) is 0 Å². The van der Waals surface area contributed by atoms with Gasteiger partial charge in [-0.15, -0.1) is 0 Å². The number of carbonyl (C=O) groups is 1. The topological polar surface area (TPSA) is 77.9 Å². The second kappa shape index (κ2) is 7.79. The molecule has 0 bridgehead atoms. The third kappa shape index (κ3) is 4.29. The van der Waals surface area contributed by atoms with Gasteiger partial charge in [0.2, 0.25) is 0 Å². The Balaban J connectivity index is 1.40. The van der Waals surface area contributed by atoms with Gasteiger partial charge >= 0.3 is 0 Å². The molecule has 1 N–H and O–H groups in total. The van der Waals surface area contributed by atoms with E-state index in [1.807, 2.05) is 42.9 Å². The third-order valence-electron chi connectivity index (χ3n) is 4.77. The number of nitrogens with zero attached hydrogens (tertiary/aromatic N) is 4. The lowest BCUT2D eigenvalue weighted by Crippen LogP contribution is -2.12. The molecule has 0 aliphatic heterocycles. The summed E-state index contributed by atoms with van der Waals surface area (Å²) in [5, 5.41) is 11.6. The molecule has 29 heavy (non-hydrogen) atoms. The minimum absolute atomic E-state index is 0.245. The van der Waals surface area contributed by atoms with Crippen molar-refractivity contribution in [3.63, 3.8) is 0 Å². The van der Waals surface area contributed by atoms with Crippen molar-refractivity contribution in [1.29, 1.82) is 0 Å². The summed E-state index contributed by atoms with van der Waals surface area (Å²) in [5.74, 6) is 1.08. The molecule has 0 atom stereocenters. The Morgan fingerprint density at radius 3 is 2.62 bits per heavy atom. The molecule has 0 unspecified atom stereocenters. The maximum absolute atomic E-state index is 12.5. The van der Waals surface area contributed by atoms with Crippen molar-refractivity contribution in [2.45, 2.75) is 33.9 Å². The van der Waals surface area contributed by atoms with Gasteiger partial charge in [0.1, 0.15) is 5.76 Å². The molecule has 0 spiro atoms. The first-order valence-corrected chi connectivity index (χ1v) is 9.47. The monoisotopic (exact) mass is 389 g/mol. The predicted octanol–water partition coefficient (Wildman–Crippen LogP) is 3.95. The highest BCUT2D eigenvalue weighted by molar-refractivity contribution is 6.01. The Hall–Kier alpha value is -3.61. The lowest BCUT2D eigenvalue weighted by molar-refractivity contribution is 0.0994. The minimum atomic E-state index is -0.328. The summed E-state index contributed by atoms with van der Waals surface area (Å²) in [5.41, 5.74) is 4.39. The van der Waals surface area contributed by atoms with Crippen LogP contribution in [0.1, 0.15) is 38.8 Å². The highest BCUT2D eigenvalue weighted by Crippen LogP contribution is 2.14. The van der Waals surface area contributed by atoms with E-state index < -0.39 is 0 Å². The van der Waals surface area contributed by atoms with E-state index in [4.69, 9.17) is 4.42 Å². The minimum Gasteiger partial charge on any atom is -0.454 e. The van der Waals surface area contributed by atoms with Crippen LogP contribution in [0.25, 0.3) is 0 Å². The Morgan fingerprint density at radius 2 is 1.86 bits per heavy atom. The highest BCUT2D eigenvalue weighted by atomic mass is 16.4. The molecule has 0 saturated heterocycles. The number of anilines is 1. The maximum Gasteiger partial charge on any atom is 0.292 e. The average molecular weight is 389 g/mol. The summed E-state index contributed by atoms with van der Waals surface area (Å²) in [6.45, 7) is 7.14. The first kappa shape index (κ1) is 18.7. The molecule has 3 aromatic heterocycles. The van der Waals surface area contributed by atoms with E-state index in [-0.39, 0.29) is 11.7 Å². The lowest BCUT2D eigenvalue weighted by atomic mass is 10.1. The molecule has 0 fully saturated rings. The molecule has 1 amide bonds. The largest absolute Gasteiger partial charge is 0.454 e. The van der Waals surface area contributed by atoms with E-state index in [0.717, 1.165) is 11.4 Å². The molecule has 4 aromatic rings. The van der Waals surface area contributed by atoms with Crippen molar-refractivity contribution >= 4 is 11.7 Å². The summed E-state index contributed by atoms with van der Waals surface area (Å²) in [6.07, 6.45) is 1.85. The number of rotatable bonds is 6. The van der Waals surface area contributed by atoms with Gasteiger partial charge in [0.15, 0.2) is 11.6 Å². The van der Waals surface area contributed by atoms with Crippen LogP contribution in [0.2, 0.25) is 0 Å². The van der Waals surface area contributed by atoms with Crippen molar-refractivity contribution < 1.29 is 9.21 Å². The summed E-state index contributed by atoms with van der Waals surface area (Å²) in [4.78, 5) is 12.5. The molecular formula is C22H23N5O2. The molecule has 7 heteroatoms. The molecule has 148 valence electrons. The Labute approximate surface area is 169 Å². The van der Waals surface area contributed by atoms with Gasteiger partial charge in [-0.3, -0.25) is 14.2 Å². The van der Waals surface area contributed by atoms with E-state index in [1.54, 1.807) is 22.9 Å². The standard InChI is InChI=1S/C22H23N5O2/c1-15-6-4-5-7-18(15)13-26-11-10-21(25-26)23-22(28)20-9-8-19(29-20)14-27-17(3)12-16(2)24-27/h4-12H,13-14H2,1-3H3,(H,23,25,28). The summed E-state index contributed by atoms with van der Waals surface area (Å²) < 4.78 is 9.35. The van der Waals surface area contributed by atoms with Crippen LogP contribution in [0, 0.1) is 20.8 Å². The predicted molar refractivity (Wildman–Crippen MR) is 110 cm³/mol.